The third-order valence-corrected chi connectivity index (χ3v) is 8.89. The Hall–Kier alpha value is -2.18. The highest BCUT2D eigenvalue weighted by molar-refractivity contribution is 7.89. The zero-order valence-corrected chi connectivity index (χ0v) is 18.9. The van der Waals surface area contributed by atoms with Crippen molar-refractivity contribution in [1.29, 1.82) is 0 Å². The van der Waals surface area contributed by atoms with Gasteiger partial charge in [0, 0.05) is 12.1 Å². The van der Waals surface area contributed by atoms with E-state index < -0.39 is 15.6 Å². The van der Waals surface area contributed by atoms with Crippen LogP contribution in [-0.2, 0) is 16.4 Å². The van der Waals surface area contributed by atoms with E-state index in [1.165, 1.54) is 4.31 Å². The van der Waals surface area contributed by atoms with Crippen LogP contribution in [0.1, 0.15) is 58.3 Å². The van der Waals surface area contributed by atoms with Gasteiger partial charge in [0.15, 0.2) is 5.78 Å². The minimum atomic E-state index is -3.81. The van der Waals surface area contributed by atoms with E-state index in [9.17, 15) is 13.2 Å². The topological polar surface area (TPSA) is 63.7 Å². The Morgan fingerprint density at radius 1 is 1.00 bits per heavy atom. The van der Waals surface area contributed by atoms with Gasteiger partial charge in [0.25, 0.3) is 0 Å². The average molecular weight is 428 g/mol. The summed E-state index contributed by atoms with van der Waals surface area (Å²) in [6, 6.07) is 9.28. The van der Waals surface area contributed by atoms with Gasteiger partial charge in [0.05, 0.1) is 17.5 Å². The van der Waals surface area contributed by atoms with E-state index in [0.717, 1.165) is 40.8 Å². The Labute approximate surface area is 179 Å². The molecule has 1 atom stereocenters. The molecule has 0 N–H and O–H groups in total. The van der Waals surface area contributed by atoms with Crippen LogP contribution < -0.4 is 4.74 Å². The minimum absolute atomic E-state index is 0.0721. The van der Waals surface area contributed by atoms with Crippen LogP contribution in [0.4, 0.5) is 0 Å². The molecule has 0 amide bonds. The maximum Gasteiger partial charge on any atom is 0.244 e. The third kappa shape index (κ3) is 3.17. The van der Waals surface area contributed by atoms with Crippen molar-refractivity contribution in [3.8, 4) is 5.75 Å². The first-order valence-corrected chi connectivity index (χ1v) is 12.0. The molecular weight excluding hydrogens is 398 g/mol. The molecule has 1 fully saturated rings. The summed E-state index contributed by atoms with van der Waals surface area (Å²) in [5.74, 6) is 0.647. The molecule has 1 unspecified atom stereocenters. The monoisotopic (exact) mass is 427 g/mol. The van der Waals surface area contributed by atoms with Crippen molar-refractivity contribution in [2.75, 3.05) is 13.7 Å². The molecule has 2 aromatic rings. The molecule has 1 aliphatic carbocycles. The summed E-state index contributed by atoms with van der Waals surface area (Å²) in [6.07, 6.45) is 3.37. The smallest absolute Gasteiger partial charge is 0.244 e. The van der Waals surface area contributed by atoms with Gasteiger partial charge in [-0.25, -0.2) is 8.42 Å². The maximum atomic E-state index is 13.9. The molecule has 0 saturated carbocycles. The summed E-state index contributed by atoms with van der Waals surface area (Å²) in [7, 11) is -2.20. The first kappa shape index (κ1) is 21.1. The predicted octanol–water partition coefficient (Wildman–Crippen LogP) is 4.36. The molecule has 1 heterocycles. The number of rotatable bonds is 3. The van der Waals surface area contributed by atoms with Gasteiger partial charge in [-0.05, 0) is 87.8 Å². The number of ether oxygens (including phenoxy) is 1. The number of aryl methyl sites for hydroxylation is 4. The molecule has 30 heavy (non-hydrogen) atoms. The zero-order chi connectivity index (χ0) is 21.7. The number of hydrogen-bond acceptors (Lipinski definition) is 4. The second-order valence-electron chi connectivity index (χ2n) is 8.65. The molecule has 160 valence electrons. The van der Waals surface area contributed by atoms with Gasteiger partial charge in [0.2, 0.25) is 10.0 Å². The lowest BCUT2D eigenvalue weighted by Crippen LogP contribution is -2.60. The van der Waals surface area contributed by atoms with E-state index in [1.54, 1.807) is 19.2 Å². The van der Waals surface area contributed by atoms with Gasteiger partial charge < -0.3 is 4.74 Å². The van der Waals surface area contributed by atoms with Gasteiger partial charge in [-0.3, -0.25) is 4.79 Å². The highest BCUT2D eigenvalue weighted by atomic mass is 32.2. The number of ketones is 1. The van der Waals surface area contributed by atoms with Crippen LogP contribution in [0.15, 0.2) is 35.2 Å². The van der Waals surface area contributed by atoms with E-state index in [-0.39, 0.29) is 5.78 Å². The molecule has 1 spiro atoms. The van der Waals surface area contributed by atoms with Crippen molar-refractivity contribution >= 4 is 15.8 Å². The van der Waals surface area contributed by atoms with Gasteiger partial charge in [-0.2, -0.15) is 4.31 Å². The van der Waals surface area contributed by atoms with Crippen molar-refractivity contribution in [3.05, 3.63) is 58.1 Å². The first-order valence-electron chi connectivity index (χ1n) is 10.5. The molecule has 2 aliphatic rings. The lowest BCUT2D eigenvalue weighted by atomic mass is 9.72. The van der Waals surface area contributed by atoms with Gasteiger partial charge >= 0.3 is 0 Å². The second kappa shape index (κ2) is 7.50. The summed E-state index contributed by atoms with van der Waals surface area (Å²) in [4.78, 5) is 14.1. The number of hydrogen-bond donors (Lipinski definition) is 0. The molecule has 2 aromatic carbocycles. The number of methoxy groups -OCH3 is 1. The molecule has 0 radical (unpaired) electrons. The zero-order valence-electron chi connectivity index (χ0n) is 18.1. The van der Waals surface area contributed by atoms with Crippen molar-refractivity contribution in [2.45, 2.75) is 63.3 Å². The van der Waals surface area contributed by atoms with Crippen molar-refractivity contribution in [3.63, 3.8) is 0 Å². The number of nitrogens with zero attached hydrogens (tertiary/aromatic N) is 1. The van der Waals surface area contributed by atoms with E-state index in [2.05, 4.69) is 0 Å². The highest BCUT2D eigenvalue weighted by Gasteiger charge is 2.53. The molecule has 1 saturated heterocycles. The first-order chi connectivity index (χ1) is 14.2. The summed E-state index contributed by atoms with van der Waals surface area (Å²) in [5, 5.41) is 0. The average Bonchev–Trinajstić information content (AvgIpc) is 2.70. The number of sulfonamides is 1. The van der Waals surface area contributed by atoms with Crippen LogP contribution in [0.25, 0.3) is 0 Å². The quantitative estimate of drug-likeness (QED) is 0.730. The van der Waals surface area contributed by atoms with Crippen LogP contribution in [0.2, 0.25) is 0 Å². The van der Waals surface area contributed by atoms with E-state index >= 15 is 0 Å². The number of benzene rings is 2. The number of carbonyl (C=O) groups is 1. The Kier molecular flexibility index (Phi) is 5.27. The fraction of sp³-hybridized carbons (Fsp3) is 0.458. The molecular formula is C24H29NO4S. The fourth-order valence-electron chi connectivity index (χ4n) is 5.35. The van der Waals surface area contributed by atoms with Crippen molar-refractivity contribution < 1.29 is 17.9 Å². The highest BCUT2D eigenvalue weighted by Crippen LogP contribution is 2.44. The number of carbonyl (C=O) groups excluding carboxylic acids is 1. The van der Waals surface area contributed by atoms with Crippen LogP contribution in [0, 0.1) is 20.8 Å². The van der Waals surface area contributed by atoms with Crippen molar-refractivity contribution in [2.24, 2.45) is 0 Å². The van der Waals surface area contributed by atoms with Crippen LogP contribution in [0.5, 0.6) is 5.75 Å². The number of Topliss-reactive ketones (excluding diaryl/α,β-unsaturated/α-hetero) is 1. The standard InChI is InChI=1S/C24H29NO4S/c1-16-13-17(2)22(18(3)14-16)30(27,28)25-12-6-5-10-24(25)11-9-19-15-20(29-4)7-8-21(19)23(24)26/h7-8,13-15H,5-6,9-12H2,1-4H3. The minimum Gasteiger partial charge on any atom is -0.497 e. The lowest BCUT2D eigenvalue weighted by molar-refractivity contribution is 0.0597. The molecule has 6 heteroatoms. The van der Waals surface area contributed by atoms with Gasteiger partial charge in [0.1, 0.15) is 5.75 Å². The number of piperidine rings is 1. The van der Waals surface area contributed by atoms with E-state index in [4.69, 9.17) is 4.74 Å². The molecule has 0 bridgehead atoms. The Bertz CT molecular complexity index is 1100. The van der Waals surface area contributed by atoms with Crippen LogP contribution in [0.3, 0.4) is 0 Å². The summed E-state index contributed by atoms with van der Waals surface area (Å²) in [6.45, 7) is 6.03. The predicted molar refractivity (Wildman–Crippen MR) is 117 cm³/mol. The van der Waals surface area contributed by atoms with E-state index in [0.29, 0.717) is 36.3 Å². The molecule has 4 rings (SSSR count). The fourth-order valence-corrected chi connectivity index (χ4v) is 7.60. The third-order valence-electron chi connectivity index (χ3n) is 6.62. The maximum absolute atomic E-state index is 13.9. The summed E-state index contributed by atoms with van der Waals surface area (Å²) < 4.78 is 34.7. The molecule has 1 aliphatic heterocycles. The Balaban J connectivity index is 1.83. The molecule has 0 aromatic heterocycles. The van der Waals surface area contributed by atoms with Crippen LogP contribution >= 0.6 is 0 Å². The summed E-state index contributed by atoms with van der Waals surface area (Å²) >= 11 is 0. The second-order valence-corrected chi connectivity index (χ2v) is 10.4. The Morgan fingerprint density at radius 2 is 1.70 bits per heavy atom. The largest absolute Gasteiger partial charge is 0.497 e. The van der Waals surface area contributed by atoms with Gasteiger partial charge in [-0.1, -0.05) is 17.7 Å². The van der Waals surface area contributed by atoms with Gasteiger partial charge in [-0.15, -0.1) is 0 Å². The SMILES string of the molecule is COc1ccc2c(c1)CCC1(CCCCN1S(=O)(=O)c1c(C)cc(C)cc1C)C2=O. The van der Waals surface area contributed by atoms with E-state index in [1.807, 2.05) is 39.0 Å². The number of fused-ring (bicyclic) bond motifs is 1. The lowest BCUT2D eigenvalue weighted by Gasteiger charge is -2.47. The van der Waals surface area contributed by atoms with Crippen molar-refractivity contribution in [1.82, 2.24) is 4.31 Å². The Morgan fingerprint density at radius 3 is 2.37 bits per heavy atom. The van der Waals surface area contributed by atoms with Crippen LogP contribution in [-0.4, -0.2) is 37.7 Å². The normalized spacial score (nSPS) is 22.2. The summed E-state index contributed by atoms with van der Waals surface area (Å²) in [5.41, 5.74) is 3.08. The molecule has 5 nitrogen and oxygen atoms in total.